The van der Waals surface area contributed by atoms with Gasteiger partial charge in [-0.1, -0.05) is 13.8 Å². The van der Waals surface area contributed by atoms with Crippen LogP contribution in [0.15, 0.2) is 0 Å². The molecule has 0 fully saturated rings. The van der Waals surface area contributed by atoms with Crippen LogP contribution in [-0.4, -0.2) is 12.1 Å². The minimum Gasteiger partial charge on any atom is -0.463 e. The fourth-order valence-electron chi connectivity index (χ4n) is 0.571. The Hall–Kier alpha value is -0.530. The van der Waals surface area contributed by atoms with Gasteiger partial charge in [-0.05, 0) is 19.8 Å². The molecule has 1 unspecified atom stereocenters. The molecule has 0 aromatic carbocycles. The summed E-state index contributed by atoms with van der Waals surface area (Å²) in [7, 11) is 0. The molecule has 0 amide bonds. The summed E-state index contributed by atoms with van der Waals surface area (Å²) in [5, 5.41) is 0. The first kappa shape index (κ1) is 9.47. The molecule has 0 rings (SSSR count). The van der Waals surface area contributed by atoms with Crippen molar-refractivity contribution in [1.29, 1.82) is 0 Å². The lowest BCUT2D eigenvalue weighted by Crippen LogP contribution is -2.12. The number of ether oxygens (including phenoxy) is 1. The first-order chi connectivity index (χ1) is 4.70. The minimum absolute atomic E-state index is 0.0724. The van der Waals surface area contributed by atoms with Crippen LogP contribution in [0.3, 0.4) is 0 Å². The maximum atomic E-state index is 10.8. The van der Waals surface area contributed by atoms with Gasteiger partial charge in [-0.3, -0.25) is 4.79 Å². The van der Waals surface area contributed by atoms with Crippen LogP contribution in [0.4, 0.5) is 0 Å². The molecule has 0 spiro atoms. The highest BCUT2D eigenvalue weighted by Crippen LogP contribution is 1.99. The SMILES string of the molecule is CCCC(=O)OC(C)CC. The van der Waals surface area contributed by atoms with Gasteiger partial charge in [-0.25, -0.2) is 0 Å². The van der Waals surface area contributed by atoms with E-state index < -0.39 is 0 Å². The van der Waals surface area contributed by atoms with Crippen LogP contribution in [0.1, 0.15) is 40.0 Å². The van der Waals surface area contributed by atoms with Crippen molar-refractivity contribution in [2.45, 2.75) is 46.1 Å². The standard InChI is InChI=1S/C8H16O2/c1-4-6-8(9)10-7(3)5-2/h7H,4-6H2,1-3H3. The lowest BCUT2D eigenvalue weighted by Gasteiger charge is -2.09. The van der Waals surface area contributed by atoms with Crippen molar-refractivity contribution in [3.8, 4) is 0 Å². The van der Waals surface area contributed by atoms with E-state index >= 15 is 0 Å². The molecule has 0 saturated heterocycles. The van der Waals surface area contributed by atoms with Crippen LogP contribution in [0.2, 0.25) is 0 Å². The summed E-state index contributed by atoms with van der Waals surface area (Å²) in [4.78, 5) is 10.8. The highest BCUT2D eigenvalue weighted by Gasteiger charge is 2.04. The van der Waals surface area contributed by atoms with Crippen LogP contribution in [0.25, 0.3) is 0 Å². The monoisotopic (exact) mass is 144 g/mol. The molecular weight excluding hydrogens is 128 g/mol. The van der Waals surface area contributed by atoms with Gasteiger partial charge in [-0.2, -0.15) is 0 Å². The van der Waals surface area contributed by atoms with Gasteiger partial charge in [0.1, 0.15) is 0 Å². The smallest absolute Gasteiger partial charge is 0.306 e. The fourth-order valence-corrected chi connectivity index (χ4v) is 0.571. The van der Waals surface area contributed by atoms with Crippen LogP contribution in [0.5, 0.6) is 0 Å². The van der Waals surface area contributed by atoms with E-state index in [0.717, 1.165) is 12.8 Å². The Kier molecular flexibility index (Phi) is 4.99. The van der Waals surface area contributed by atoms with Crippen LogP contribution < -0.4 is 0 Å². The minimum atomic E-state index is -0.0724. The molecule has 0 aliphatic heterocycles. The largest absolute Gasteiger partial charge is 0.463 e. The summed E-state index contributed by atoms with van der Waals surface area (Å²) in [6, 6.07) is 0. The van der Waals surface area contributed by atoms with Gasteiger partial charge in [0.05, 0.1) is 6.10 Å². The second-order valence-electron chi connectivity index (χ2n) is 2.46. The summed E-state index contributed by atoms with van der Waals surface area (Å²) in [5.74, 6) is -0.0724. The predicted molar refractivity (Wildman–Crippen MR) is 40.8 cm³/mol. The maximum absolute atomic E-state index is 10.8. The molecule has 0 aromatic rings. The van der Waals surface area contributed by atoms with Gasteiger partial charge < -0.3 is 4.74 Å². The van der Waals surface area contributed by atoms with Gasteiger partial charge >= 0.3 is 5.97 Å². The third-order valence-corrected chi connectivity index (χ3v) is 1.36. The Morgan fingerprint density at radius 2 is 2.10 bits per heavy atom. The Balaban J connectivity index is 3.37. The summed E-state index contributed by atoms with van der Waals surface area (Å²) >= 11 is 0. The Morgan fingerprint density at radius 3 is 2.50 bits per heavy atom. The van der Waals surface area contributed by atoms with Crippen molar-refractivity contribution >= 4 is 5.97 Å². The number of esters is 1. The zero-order valence-electron chi connectivity index (χ0n) is 7.02. The van der Waals surface area contributed by atoms with E-state index in [1.807, 2.05) is 20.8 Å². The van der Waals surface area contributed by atoms with Gasteiger partial charge in [0, 0.05) is 6.42 Å². The second-order valence-corrected chi connectivity index (χ2v) is 2.46. The number of hydrogen-bond acceptors (Lipinski definition) is 2. The zero-order chi connectivity index (χ0) is 7.98. The summed E-state index contributed by atoms with van der Waals surface area (Å²) in [5.41, 5.74) is 0. The summed E-state index contributed by atoms with van der Waals surface area (Å²) in [6.07, 6.45) is 2.40. The van der Waals surface area contributed by atoms with Crippen molar-refractivity contribution in [1.82, 2.24) is 0 Å². The Bertz CT molecular complexity index is 99.4. The molecule has 0 radical (unpaired) electrons. The van der Waals surface area contributed by atoms with Gasteiger partial charge in [-0.15, -0.1) is 0 Å². The Morgan fingerprint density at radius 1 is 1.50 bits per heavy atom. The first-order valence-electron chi connectivity index (χ1n) is 3.90. The number of carbonyl (C=O) groups excluding carboxylic acids is 1. The molecule has 0 saturated carbocycles. The summed E-state index contributed by atoms with van der Waals surface area (Å²) in [6.45, 7) is 5.88. The molecule has 0 aliphatic carbocycles. The summed E-state index contributed by atoms with van der Waals surface area (Å²) < 4.78 is 5.00. The van der Waals surface area contributed by atoms with Crippen molar-refractivity contribution in [2.24, 2.45) is 0 Å². The third kappa shape index (κ3) is 4.36. The van der Waals surface area contributed by atoms with E-state index in [2.05, 4.69) is 0 Å². The molecule has 1 atom stereocenters. The topological polar surface area (TPSA) is 26.3 Å². The number of rotatable bonds is 4. The third-order valence-electron chi connectivity index (χ3n) is 1.36. The molecule has 2 nitrogen and oxygen atoms in total. The Labute approximate surface area is 62.6 Å². The van der Waals surface area contributed by atoms with Gasteiger partial charge in [0.15, 0.2) is 0 Å². The zero-order valence-corrected chi connectivity index (χ0v) is 7.02. The van der Waals surface area contributed by atoms with Crippen LogP contribution in [0, 0.1) is 0 Å². The number of carbonyl (C=O) groups is 1. The molecule has 10 heavy (non-hydrogen) atoms. The van der Waals surface area contributed by atoms with E-state index in [1.165, 1.54) is 0 Å². The molecular formula is C8H16O2. The molecule has 0 heterocycles. The van der Waals surface area contributed by atoms with Crippen molar-refractivity contribution < 1.29 is 9.53 Å². The average Bonchev–Trinajstić information content (AvgIpc) is 1.88. The van der Waals surface area contributed by atoms with Crippen molar-refractivity contribution in [3.05, 3.63) is 0 Å². The first-order valence-corrected chi connectivity index (χ1v) is 3.90. The molecule has 0 aliphatic rings. The lowest BCUT2D eigenvalue weighted by molar-refractivity contribution is -0.148. The van der Waals surface area contributed by atoms with E-state index in [-0.39, 0.29) is 12.1 Å². The van der Waals surface area contributed by atoms with Crippen molar-refractivity contribution in [3.63, 3.8) is 0 Å². The van der Waals surface area contributed by atoms with Crippen LogP contribution >= 0.6 is 0 Å². The molecule has 0 aromatic heterocycles. The maximum Gasteiger partial charge on any atom is 0.306 e. The van der Waals surface area contributed by atoms with E-state index in [0.29, 0.717) is 6.42 Å². The normalized spacial score (nSPS) is 12.7. The van der Waals surface area contributed by atoms with Crippen LogP contribution in [-0.2, 0) is 9.53 Å². The molecule has 0 N–H and O–H groups in total. The van der Waals surface area contributed by atoms with E-state index in [1.54, 1.807) is 0 Å². The highest BCUT2D eigenvalue weighted by molar-refractivity contribution is 5.69. The highest BCUT2D eigenvalue weighted by atomic mass is 16.5. The second kappa shape index (κ2) is 5.27. The number of hydrogen-bond donors (Lipinski definition) is 0. The lowest BCUT2D eigenvalue weighted by atomic mass is 10.3. The van der Waals surface area contributed by atoms with Crippen molar-refractivity contribution in [2.75, 3.05) is 0 Å². The molecule has 2 heteroatoms. The van der Waals surface area contributed by atoms with Gasteiger partial charge in [0.25, 0.3) is 0 Å². The predicted octanol–water partition coefficient (Wildman–Crippen LogP) is 2.13. The van der Waals surface area contributed by atoms with Gasteiger partial charge in [0.2, 0.25) is 0 Å². The molecule has 0 bridgehead atoms. The van der Waals surface area contributed by atoms with E-state index in [4.69, 9.17) is 4.74 Å². The molecule has 60 valence electrons. The quantitative estimate of drug-likeness (QED) is 0.565. The van der Waals surface area contributed by atoms with E-state index in [9.17, 15) is 4.79 Å². The fraction of sp³-hybridized carbons (Fsp3) is 0.875. The average molecular weight is 144 g/mol.